The van der Waals surface area contributed by atoms with Crippen LogP contribution in [0.3, 0.4) is 0 Å². The highest BCUT2D eigenvalue weighted by Gasteiger charge is 2.15. The smallest absolute Gasteiger partial charge is 0.122 e. The van der Waals surface area contributed by atoms with E-state index in [1.165, 1.54) is 11.1 Å². The van der Waals surface area contributed by atoms with Crippen molar-refractivity contribution >= 4 is 0 Å². The number of ether oxygens (including phenoxy) is 2. The van der Waals surface area contributed by atoms with Gasteiger partial charge in [0.25, 0.3) is 0 Å². The number of nitrogens with two attached hydrogens (primary N) is 1. The summed E-state index contributed by atoms with van der Waals surface area (Å²) in [6, 6.07) is 16.2. The summed E-state index contributed by atoms with van der Waals surface area (Å²) >= 11 is 0. The van der Waals surface area contributed by atoms with E-state index in [0.29, 0.717) is 19.1 Å². The van der Waals surface area contributed by atoms with Crippen LogP contribution in [0.2, 0.25) is 0 Å². The van der Waals surface area contributed by atoms with Crippen LogP contribution >= 0.6 is 0 Å². The van der Waals surface area contributed by atoms with Crippen molar-refractivity contribution in [1.29, 1.82) is 0 Å². The fourth-order valence-electron chi connectivity index (χ4n) is 2.61. The molecule has 2 N–H and O–H groups in total. The average molecular weight is 299 g/mol. The van der Waals surface area contributed by atoms with E-state index in [1.54, 1.807) is 7.11 Å². The Morgan fingerprint density at radius 1 is 1.09 bits per heavy atom. The molecule has 0 heterocycles. The van der Waals surface area contributed by atoms with Gasteiger partial charge >= 0.3 is 0 Å². The summed E-state index contributed by atoms with van der Waals surface area (Å²) in [5.41, 5.74) is 8.41. The van der Waals surface area contributed by atoms with Gasteiger partial charge in [-0.25, -0.2) is 0 Å². The van der Waals surface area contributed by atoms with Crippen LogP contribution in [0.1, 0.15) is 29.9 Å². The number of benzene rings is 2. The quantitative estimate of drug-likeness (QED) is 0.752. The van der Waals surface area contributed by atoms with Gasteiger partial charge in [-0.05, 0) is 56.0 Å². The minimum atomic E-state index is 0.300. The summed E-state index contributed by atoms with van der Waals surface area (Å²) in [5, 5.41) is 0. The van der Waals surface area contributed by atoms with Crippen molar-refractivity contribution in [2.75, 3.05) is 20.3 Å². The van der Waals surface area contributed by atoms with Gasteiger partial charge in [-0.3, -0.25) is 0 Å². The first kappa shape index (κ1) is 16.4. The van der Waals surface area contributed by atoms with Crippen LogP contribution in [0, 0.1) is 6.92 Å². The topological polar surface area (TPSA) is 44.5 Å². The van der Waals surface area contributed by atoms with Crippen molar-refractivity contribution in [3.05, 3.63) is 59.7 Å². The lowest BCUT2D eigenvalue weighted by Crippen LogP contribution is -2.15. The molecule has 0 amide bonds. The Balaban J connectivity index is 1.91. The summed E-state index contributed by atoms with van der Waals surface area (Å²) < 4.78 is 11.2. The molecule has 118 valence electrons. The largest absolute Gasteiger partial charge is 0.496 e. The summed E-state index contributed by atoms with van der Waals surface area (Å²) in [4.78, 5) is 0. The monoisotopic (exact) mass is 299 g/mol. The van der Waals surface area contributed by atoms with Crippen molar-refractivity contribution in [1.82, 2.24) is 0 Å². The second-order valence-electron chi connectivity index (χ2n) is 5.48. The van der Waals surface area contributed by atoms with Crippen molar-refractivity contribution in [3.63, 3.8) is 0 Å². The molecule has 0 aliphatic carbocycles. The van der Waals surface area contributed by atoms with Crippen LogP contribution < -0.4 is 15.2 Å². The van der Waals surface area contributed by atoms with Crippen molar-refractivity contribution in [2.24, 2.45) is 5.73 Å². The predicted molar refractivity (Wildman–Crippen MR) is 90.7 cm³/mol. The number of hydrogen-bond donors (Lipinski definition) is 1. The highest BCUT2D eigenvalue weighted by atomic mass is 16.5. The first-order valence-electron chi connectivity index (χ1n) is 7.77. The zero-order valence-electron chi connectivity index (χ0n) is 13.4. The van der Waals surface area contributed by atoms with Crippen LogP contribution in [-0.4, -0.2) is 20.3 Å². The molecule has 2 rings (SSSR count). The predicted octanol–water partition coefficient (Wildman–Crippen LogP) is 3.91. The summed E-state index contributed by atoms with van der Waals surface area (Å²) in [7, 11) is 1.71. The Morgan fingerprint density at radius 3 is 2.55 bits per heavy atom. The van der Waals surface area contributed by atoms with Crippen LogP contribution in [-0.2, 0) is 0 Å². The highest BCUT2D eigenvalue weighted by Crippen LogP contribution is 2.30. The maximum absolute atomic E-state index is 5.98. The van der Waals surface area contributed by atoms with Gasteiger partial charge < -0.3 is 15.2 Å². The molecule has 0 spiro atoms. The fourth-order valence-corrected chi connectivity index (χ4v) is 2.61. The average Bonchev–Trinajstić information content (AvgIpc) is 2.56. The Kier molecular flexibility index (Phi) is 6.28. The molecule has 0 saturated heterocycles. The minimum Gasteiger partial charge on any atom is -0.496 e. The highest BCUT2D eigenvalue weighted by molar-refractivity contribution is 5.39. The van der Waals surface area contributed by atoms with Crippen LogP contribution in [0.5, 0.6) is 11.5 Å². The maximum atomic E-state index is 5.98. The SMILES string of the molecule is COc1ccc(C)cc1C(CN)CCCOc1ccccc1. The van der Waals surface area contributed by atoms with E-state index in [9.17, 15) is 0 Å². The third-order valence-corrected chi connectivity index (χ3v) is 3.82. The standard InChI is InChI=1S/C19H25NO2/c1-15-10-11-19(21-2)18(13-15)16(14-20)7-6-12-22-17-8-4-3-5-9-17/h3-5,8-11,13,16H,6-7,12,14,20H2,1-2H3. The van der Waals surface area contributed by atoms with Crippen molar-refractivity contribution in [2.45, 2.75) is 25.7 Å². The van der Waals surface area contributed by atoms with E-state index < -0.39 is 0 Å². The molecule has 1 atom stereocenters. The maximum Gasteiger partial charge on any atom is 0.122 e. The molecule has 0 bridgehead atoms. The van der Waals surface area contributed by atoms with Crippen molar-refractivity contribution in [3.8, 4) is 11.5 Å². The third-order valence-electron chi connectivity index (χ3n) is 3.82. The Morgan fingerprint density at radius 2 is 1.86 bits per heavy atom. The number of para-hydroxylation sites is 1. The number of aryl methyl sites for hydroxylation is 1. The number of methoxy groups -OCH3 is 1. The van der Waals surface area contributed by atoms with Crippen LogP contribution in [0.15, 0.2) is 48.5 Å². The molecule has 3 nitrogen and oxygen atoms in total. The summed E-state index contributed by atoms with van der Waals surface area (Å²) in [5.74, 6) is 2.14. The zero-order valence-corrected chi connectivity index (χ0v) is 13.4. The van der Waals surface area contributed by atoms with Gasteiger partial charge in [-0.1, -0.05) is 35.9 Å². The molecule has 0 radical (unpaired) electrons. The third kappa shape index (κ3) is 4.50. The normalized spacial score (nSPS) is 12.0. The second-order valence-corrected chi connectivity index (χ2v) is 5.48. The van der Waals surface area contributed by atoms with Crippen LogP contribution in [0.25, 0.3) is 0 Å². The molecule has 0 saturated carbocycles. The van der Waals surface area contributed by atoms with E-state index in [0.717, 1.165) is 24.3 Å². The van der Waals surface area contributed by atoms with E-state index in [2.05, 4.69) is 19.1 Å². The Bertz CT molecular complexity index is 569. The minimum absolute atomic E-state index is 0.300. The molecule has 1 unspecified atom stereocenters. The molecule has 3 heteroatoms. The fraction of sp³-hybridized carbons (Fsp3) is 0.368. The van der Waals surface area contributed by atoms with Gasteiger partial charge in [-0.2, -0.15) is 0 Å². The van der Waals surface area contributed by atoms with Crippen molar-refractivity contribution < 1.29 is 9.47 Å². The Labute approximate surface area is 133 Å². The summed E-state index contributed by atoms with van der Waals surface area (Å²) in [6.45, 7) is 3.41. The second kappa shape index (κ2) is 8.44. The van der Waals surface area contributed by atoms with Gasteiger partial charge in [0.05, 0.1) is 13.7 Å². The number of rotatable bonds is 8. The van der Waals surface area contributed by atoms with E-state index in [4.69, 9.17) is 15.2 Å². The zero-order chi connectivity index (χ0) is 15.8. The van der Waals surface area contributed by atoms with E-state index in [-0.39, 0.29) is 0 Å². The molecule has 0 aliphatic heterocycles. The molecule has 0 aliphatic rings. The molecule has 22 heavy (non-hydrogen) atoms. The molecule has 0 aromatic heterocycles. The van der Waals surface area contributed by atoms with Gasteiger partial charge in [0.2, 0.25) is 0 Å². The number of hydrogen-bond acceptors (Lipinski definition) is 3. The molecular weight excluding hydrogens is 274 g/mol. The molecule has 0 fully saturated rings. The van der Waals surface area contributed by atoms with Crippen LogP contribution in [0.4, 0.5) is 0 Å². The van der Waals surface area contributed by atoms with Gasteiger partial charge in [-0.15, -0.1) is 0 Å². The summed E-state index contributed by atoms with van der Waals surface area (Å²) in [6.07, 6.45) is 1.96. The van der Waals surface area contributed by atoms with Gasteiger partial charge in [0.15, 0.2) is 0 Å². The first-order chi connectivity index (χ1) is 10.7. The lowest BCUT2D eigenvalue weighted by atomic mass is 9.92. The molecule has 2 aromatic rings. The molecule has 2 aromatic carbocycles. The lowest BCUT2D eigenvalue weighted by molar-refractivity contribution is 0.301. The van der Waals surface area contributed by atoms with E-state index >= 15 is 0 Å². The molecular formula is C19H25NO2. The Hall–Kier alpha value is -2.00. The van der Waals surface area contributed by atoms with E-state index in [1.807, 2.05) is 36.4 Å². The lowest BCUT2D eigenvalue weighted by Gasteiger charge is -2.19. The van der Waals surface area contributed by atoms with Gasteiger partial charge in [0, 0.05) is 0 Å². The first-order valence-corrected chi connectivity index (χ1v) is 7.77. The van der Waals surface area contributed by atoms with Gasteiger partial charge in [0.1, 0.15) is 11.5 Å².